The molecular formula is C17H22N6O4. The van der Waals surface area contributed by atoms with Crippen LogP contribution in [0.2, 0.25) is 0 Å². The standard InChI is InChI=1S/C17H22N6O4/c1-17(2,3)27-16(26)23-8-7-11-10(9-23)14(22(4)21-11)18-15(25)12-5-6-13(24)20-19-12/h5-6H,7-9H2,1-4H3,(H,18,25)(H,20,24). The van der Waals surface area contributed by atoms with Gasteiger partial charge in [0.25, 0.3) is 11.5 Å². The smallest absolute Gasteiger partial charge is 0.410 e. The van der Waals surface area contributed by atoms with Crippen molar-refractivity contribution >= 4 is 17.8 Å². The second kappa shape index (κ2) is 6.86. The van der Waals surface area contributed by atoms with E-state index in [1.165, 1.54) is 12.1 Å². The maximum atomic E-state index is 12.4. The first-order valence-electron chi connectivity index (χ1n) is 8.54. The number of aromatic amines is 1. The van der Waals surface area contributed by atoms with Crippen LogP contribution in [-0.4, -0.2) is 49.0 Å². The van der Waals surface area contributed by atoms with Gasteiger partial charge in [-0.2, -0.15) is 10.2 Å². The molecule has 1 aliphatic rings. The van der Waals surface area contributed by atoms with Crippen LogP contribution < -0.4 is 10.9 Å². The lowest BCUT2D eigenvalue weighted by Crippen LogP contribution is -2.40. The van der Waals surface area contributed by atoms with E-state index in [-0.39, 0.29) is 12.2 Å². The van der Waals surface area contributed by atoms with E-state index in [2.05, 4.69) is 20.6 Å². The van der Waals surface area contributed by atoms with Gasteiger partial charge in [0.1, 0.15) is 17.1 Å². The summed E-state index contributed by atoms with van der Waals surface area (Å²) in [6.07, 6.45) is 0.159. The van der Waals surface area contributed by atoms with Gasteiger partial charge in [0.15, 0.2) is 0 Å². The first-order chi connectivity index (χ1) is 12.6. The van der Waals surface area contributed by atoms with Gasteiger partial charge in [-0.1, -0.05) is 0 Å². The number of carbonyl (C=O) groups excluding carboxylic acids is 2. The molecular weight excluding hydrogens is 352 g/mol. The number of H-pyrrole nitrogens is 1. The Hall–Kier alpha value is -3.17. The summed E-state index contributed by atoms with van der Waals surface area (Å²) in [7, 11) is 1.71. The number of rotatable bonds is 2. The number of amides is 2. The van der Waals surface area contributed by atoms with Crippen LogP contribution in [0.5, 0.6) is 0 Å². The molecule has 0 aliphatic carbocycles. The van der Waals surface area contributed by atoms with Crippen LogP contribution in [-0.2, 0) is 24.8 Å². The molecule has 0 bridgehead atoms. The Morgan fingerprint density at radius 2 is 2.04 bits per heavy atom. The highest BCUT2D eigenvalue weighted by Gasteiger charge is 2.30. The fraction of sp³-hybridized carbons (Fsp3) is 0.471. The molecule has 0 unspecified atom stereocenters. The Kier molecular flexibility index (Phi) is 4.73. The molecule has 2 N–H and O–H groups in total. The number of ether oxygens (including phenoxy) is 1. The first kappa shape index (κ1) is 18.6. The average Bonchev–Trinajstić information content (AvgIpc) is 2.89. The number of carbonyl (C=O) groups is 2. The molecule has 2 amide bonds. The summed E-state index contributed by atoms with van der Waals surface area (Å²) in [5.41, 5.74) is 0.676. The van der Waals surface area contributed by atoms with E-state index in [1.807, 2.05) is 20.8 Å². The average molecular weight is 374 g/mol. The predicted molar refractivity (Wildman–Crippen MR) is 96.4 cm³/mol. The number of hydrogen-bond donors (Lipinski definition) is 2. The molecule has 2 aromatic heterocycles. The summed E-state index contributed by atoms with van der Waals surface area (Å²) in [4.78, 5) is 37.5. The van der Waals surface area contributed by atoms with Crippen LogP contribution in [0.4, 0.5) is 10.6 Å². The number of anilines is 1. The Morgan fingerprint density at radius 3 is 2.67 bits per heavy atom. The largest absolute Gasteiger partial charge is 0.444 e. The number of aryl methyl sites for hydroxylation is 1. The summed E-state index contributed by atoms with van der Waals surface area (Å²) >= 11 is 0. The Balaban J connectivity index is 1.80. The quantitative estimate of drug-likeness (QED) is 0.810. The van der Waals surface area contributed by atoms with Crippen molar-refractivity contribution in [3.05, 3.63) is 39.4 Å². The third kappa shape index (κ3) is 4.15. The Morgan fingerprint density at radius 1 is 1.30 bits per heavy atom. The van der Waals surface area contributed by atoms with Gasteiger partial charge in [0, 0.05) is 31.6 Å². The summed E-state index contributed by atoms with van der Waals surface area (Å²) in [5, 5.41) is 13.1. The molecule has 1 aliphatic heterocycles. The highest BCUT2D eigenvalue weighted by Crippen LogP contribution is 2.27. The minimum Gasteiger partial charge on any atom is -0.444 e. The van der Waals surface area contributed by atoms with Crippen LogP contribution in [0, 0.1) is 0 Å². The van der Waals surface area contributed by atoms with Gasteiger partial charge >= 0.3 is 6.09 Å². The zero-order valence-corrected chi connectivity index (χ0v) is 15.7. The van der Waals surface area contributed by atoms with E-state index in [0.29, 0.717) is 18.8 Å². The van der Waals surface area contributed by atoms with E-state index in [9.17, 15) is 14.4 Å². The highest BCUT2D eigenvalue weighted by atomic mass is 16.6. The summed E-state index contributed by atoms with van der Waals surface area (Å²) in [6, 6.07) is 2.56. The third-order valence-electron chi connectivity index (χ3n) is 3.99. The molecule has 27 heavy (non-hydrogen) atoms. The molecule has 144 valence electrons. The first-order valence-corrected chi connectivity index (χ1v) is 8.54. The van der Waals surface area contributed by atoms with Crippen LogP contribution in [0.25, 0.3) is 0 Å². The number of nitrogens with zero attached hydrogens (tertiary/aromatic N) is 4. The molecule has 0 radical (unpaired) electrons. The van der Waals surface area contributed by atoms with Crippen LogP contribution in [0.15, 0.2) is 16.9 Å². The molecule has 10 nitrogen and oxygen atoms in total. The fourth-order valence-corrected chi connectivity index (χ4v) is 2.78. The molecule has 10 heteroatoms. The second-order valence-electron chi connectivity index (χ2n) is 7.31. The lowest BCUT2D eigenvalue weighted by Gasteiger charge is -2.29. The number of nitrogens with one attached hydrogen (secondary N) is 2. The minimum atomic E-state index is -0.584. The van der Waals surface area contributed by atoms with E-state index in [4.69, 9.17) is 4.74 Å². The predicted octanol–water partition coefficient (Wildman–Crippen LogP) is 1.05. The van der Waals surface area contributed by atoms with E-state index in [0.717, 1.165) is 11.3 Å². The van der Waals surface area contributed by atoms with E-state index < -0.39 is 23.2 Å². The van der Waals surface area contributed by atoms with Crippen molar-refractivity contribution in [1.29, 1.82) is 0 Å². The maximum absolute atomic E-state index is 12.4. The molecule has 3 rings (SSSR count). The molecule has 0 saturated heterocycles. The van der Waals surface area contributed by atoms with Crippen molar-refractivity contribution in [2.24, 2.45) is 7.05 Å². The van der Waals surface area contributed by atoms with Crippen molar-refractivity contribution in [1.82, 2.24) is 24.9 Å². The van der Waals surface area contributed by atoms with Crippen LogP contribution in [0.3, 0.4) is 0 Å². The van der Waals surface area contributed by atoms with Crippen molar-refractivity contribution in [3.8, 4) is 0 Å². The Bertz CT molecular complexity index is 919. The van der Waals surface area contributed by atoms with Crippen molar-refractivity contribution < 1.29 is 14.3 Å². The summed E-state index contributed by atoms with van der Waals surface area (Å²) < 4.78 is 6.99. The van der Waals surface area contributed by atoms with Gasteiger partial charge in [-0.25, -0.2) is 9.89 Å². The van der Waals surface area contributed by atoms with Crippen molar-refractivity contribution in [2.75, 3.05) is 11.9 Å². The SMILES string of the molecule is Cn1nc2c(c1NC(=O)c1ccc(=O)[nH]n1)CN(C(=O)OC(C)(C)C)CC2. The van der Waals surface area contributed by atoms with Gasteiger partial charge < -0.3 is 15.0 Å². The van der Waals surface area contributed by atoms with Crippen molar-refractivity contribution in [2.45, 2.75) is 39.3 Å². The normalized spacial score (nSPS) is 13.9. The number of fused-ring (bicyclic) bond motifs is 1. The summed E-state index contributed by atoms with van der Waals surface area (Å²) in [6.45, 7) is 6.22. The third-order valence-corrected chi connectivity index (χ3v) is 3.99. The topological polar surface area (TPSA) is 122 Å². The molecule has 0 aromatic carbocycles. The van der Waals surface area contributed by atoms with Gasteiger partial charge in [0.2, 0.25) is 0 Å². The second-order valence-corrected chi connectivity index (χ2v) is 7.31. The van der Waals surface area contributed by atoms with Gasteiger partial charge in [-0.15, -0.1) is 0 Å². The van der Waals surface area contributed by atoms with Gasteiger partial charge in [-0.05, 0) is 26.8 Å². The summed E-state index contributed by atoms with van der Waals surface area (Å²) in [5.74, 6) is 0.00250. The fourth-order valence-electron chi connectivity index (χ4n) is 2.78. The zero-order valence-electron chi connectivity index (χ0n) is 15.7. The molecule has 0 atom stereocenters. The van der Waals surface area contributed by atoms with Gasteiger partial charge in [0.05, 0.1) is 12.2 Å². The molecule has 2 aromatic rings. The van der Waals surface area contributed by atoms with E-state index >= 15 is 0 Å². The van der Waals surface area contributed by atoms with Gasteiger partial charge in [-0.3, -0.25) is 14.3 Å². The zero-order chi connectivity index (χ0) is 19.8. The molecule has 0 fully saturated rings. The van der Waals surface area contributed by atoms with E-state index in [1.54, 1.807) is 16.6 Å². The monoisotopic (exact) mass is 374 g/mol. The van der Waals surface area contributed by atoms with Crippen LogP contribution >= 0.6 is 0 Å². The minimum absolute atomic E-state index is 0.0735. The Labute approximate surface area is 155 Å². The number of hydrogen-bond acceptors (Lipinski definition) is 6. The lowest BCUT2D eigenvalue weighted by atomic mass is 10.1. The van der Waals surface area contributed by atoms with Crippen LogP contribution in [0.1, 0.15) is 42.5 Å². The number of aromatic nitrogens is 4. The molecule has 3 heterocycles. The molecule has 0 saturated carbocycles. The lowest BCUT2D eigenvalue weighted by molar-refractivity contribution is 0.0224. The molecule has 0 spiro atoms. The van der Waals surface area contributed by atoms with Crippen molar-refractivity contribution in [3.63, 3.8) is 0 Å². The maximum Gasteiger partial charge on any atom is 0.410 e. The highest BCUT2D eigenvalue weighted by molar-refractivity contribution is 6.02.